The molecule has 2 fully saturated rings. The maximum absolute atomic E-state index is 3.76. The largest absolute Gasteiger partial charge is 0.314 e. The third-order valence-electron chi connectivity index (χ3n) is 5.83. The highest BCUT2D eigenvalue weighted by molar-refractivity contribution is 4.87. The first kappa shape index (κ1) is 17.3. The minimum Gasteiger partial charge on any atom is -0.314 e. The summed E-state index contributed by atoms with van der Waals surface area (Å²) in [7, 11) is 0. The summed E-state index contributed by atoms with van der Waals surface area (Å²) < 4.78 is 0. The molecule has 21 heavy (non-hydrogen) atoms. The first-order valence-electron chi connectivity index (χ1n) is 9.48. The number of nitrogens with one attached hydrogen (secondary N) is 1. The molecule has 1 N–H and O–H groups in total. The zero-order valence-electron chi connectivity index (χ0n) is 15.0. The molecule has 2 aliphatic rings. The van der Waals surface area contributed by atoms with Crippen LogP contribution in [0.25, 0.3) is 0 Å². The fraction of sp³-hybridized carbons (Fsp3) is 1.00. The van der Waals surface area contributed by atoms with Crippen LogP contribution in [0.15, 0.2) is 0 Å². The molecule has 1 saturated heterocycles. The molecule has 2 nitrogen and oxygen atoms in total. The van der Waals surface area contributed by atoms with Crippen LogP contribution < -0.4 is 5.32 Å². The van der Waals surface area contributed by atoms with Gasteiger partial charge in [0.2, 0.25) is 0 Å². The number of nitrogens with zero attached hydrogens (tertiary/aromatic N) is 1. The lowest BCUT2D eigenvalue weighted by Crippen LogP contribution is -2.45. The molecule has 0 aromatic heterocycles. The second kappa shape index (κ2) is 7.97. The highest BCUT2D eigenvalue weighted by Crippen LogP contribution is 2.35. The molecule has 0 amide bonds. The van der Waals surface area contributed by atoms with Gasteiger partial charge in [-0.1, -0.05) is 34.1 Å². The van der Waals surface area contributed by atoms with Crippen molar-refractivity contribution in [3.05, 3.63) is 0 Å². The van der Waals surface area contributed by atoms with Crippen molar-refractivity contribution in [2.75, 3.05) is 19.6 Å². The topological polar surface area (TPSA) is 15.3 Å². The Morgan fingerprint density at radius 1 is 1.00 bits per heavy atom. The maximum Gasteiger partial charge on any atom is 0.0110 e. The SMILES string of the molecule is CCCNC1CCCC(N2CCCC(C(C)(C)C)CC2)C1. The fourth-order valence-electron chi connectivity index (χ4n) is 4.38. The van der Waals surface area contributed by atoms with Crippen molar-refractivity contribution in [3.8, 4) is 0 Å². The van der Waals surface area contributed by atoms with Gasteiger partial charge in [0.1, 0.15) is 0 Å². The van der Waals surface area contributed by atoms with Gasteiger partial charge in [-0.25, -0.2) is 0 Å². The Kier molecular flexibility index (Phi) is 6.55. The van der Waals surface area contributed by atoms with E-state index in [1.54, 1.807) is 0 Å². The molecule has 0 radical (unpaired) electrons. The molecule has 0 bridgehead atoms. The van der Waals surface area contributed by atoms with Crippen LogP contribution in [0.5, 0.6) is 0 Å². The number of hydrogen-bond donors (Lipinski definition) is 1. The van der Waals surface area contributed by atoms with Crippen molar-refractivity contribution in [3.63, 3.8) is 0 Å². The number of rotatable bonds is 4. The summed E-state index contributed by atoms with van der Waals surface area (Å²) >= 11 is 0. The molecule has 1 aliphatic carbocycles. The van der Waals surface area contributed by atoms with Crippen LogP contribution in [0.3, 0.4) is 0 Å². The van der Waals surface area contributed by atoms with E-state index in [-0.39, 0.29) is 0 Å². The lowest BCUT2D eigenvalue weighted by molar-refractivity contribution is 0.136. The van der Waals surface area contributed by atoms with Gasteiger partial charge in [0.15, 0.2) is 0 Å². The van der Waals surface area contributed by atoms with Gasteiger partial charge in [-0.3, -0.25) is 0 Å². The van der Waals surface area contributed by atoms with E-state index >= 15 is 0 Å². The summed E-state index contributed by atoms with van der Waals surface area (Å²) in [6, 6.07) is 1.64. The molecule has 0 aromatic rings. The van der Waals surface area contributed by atoms with Gasteiger partial charge in [0, 0.05) is 12.1 Å². The zero-order chi connectivity index (χ0) is 15.3. The Labute approximate surface area is 133 Å². The molecule has 124 valence electrons. The van der Waals surface area contributed by atoms with Crippen LogP contribution in [-0.4, -0.2) is 36.6 Å². The minimum atomic E-state index is 0.494. The van der Waals surface area contributed by atoms with E-state index < -0.39 is 0 Å². The second-order valence-electron chi connectivity index (χ2n) is 8.50. The van der Waals surface area contributed by atoms with Gasteiger partial charge in [-0.05, 0) is 75.9 Å². The van der Waals surface area contributed by atoms with E-state index in [0.29, 0.717) is 5.41 Å². The molecule has 1 aliphatic heterocycles. The highest BCUT2D eigenvalue weighted by Gasteiger charge is 2.31. The lowest BCUT2D eigenvalue weighted by Gasteiger charge is -2.38. The third kappa shape index (κ3) is 5.25. The van der Waals surface area contributed by atoms with E-state index in [9.17, 15) is 0 Å². The van der Waals surface area contributed by atoms with E-state index in [1.165, 1.54) is 71.0 Å². The molecule has 0 spiro atoms. The Balaban J connectivity index is 1.84. The number of hydrogen-bond acceptors (Lipinski definition) is 2. The molecular weight excluding hydrogens is 256 g/mol. The van der Waals surface area contributed by atoms with Crippen LogP contribution in [0.2, 0.25) is 0 Å². The van der Waals surface area contributed by atoms with Gasteiger partial charge in [0.25, 0.3) is 0 Å². The molecule has 1 saturated carbocycles. The molecular formula is C19H38N2. The summed E-state index contributed by atoms with van der Waals surface area (Å²) in [4.78, 5) is 2.84. The minimum absolute atomic E-state index is 0.494. The van der Waals surface area contributed by atoms with Gasteiger partial charge in [-0.15, -0.1) is 0 Å². The van der Waals surface area contributed by atoms with Crippen molar-refractivity contribution >= 4 is 0 Å². The zero-order valence-corrected chi connectivity index (χ0v) is 15.0. The average molecular weight is 295 g/mol. The van der Waals surface area contributed by atoms with E-state index in [1.807, 2.05) is 0 Å². The highest BCUT2D eigenvalue weighted by atomic mass is 15.2. The monoisotopic (exact) mass is 294 g/mol. The Hall–Kier alpha value is -0.0800. The Morgan fingerprint density at radius 2 is 1.81 bits per heavy atom. The van der Waals surface area contributed by atoms with Crippen molar-refractivity contribution in [1.29, 1.82) is 0 Å². The molecule has 2 heteroatoms. The van der Waals surface area contributed by atoms with Crippen molar-refractivity contribution < 1.29 is 0 Å². The molecule has 1 heterocycles. The summed E-state index contributed by atoms with van der Waals surface area (Å²) in [5.41, 5.74) is 0.494. The summed E-state index contributed by atoms with van der Waals surface area (Å²) in [6.07, 6.45) is 11.2. The smallest absolute Gasteiger partial charge is 0.0110 e. The van der Waals surface area contributed by atoms with Gasteiger partial charge < -0.3 is 10.2 Å². The van der Waals surface area contributed by atoms with Crippen molar-refractivity contribution in [2.45, 2.75) is 91.1 Å². The van der Waals surface area contributed by atoms with Crippen LogP contribution in [0, 0.1) is 11.3 Å². The van der Waals surface area contributed by atoms with E-state index in [4.69, 9.17) is 0 Å². The molecule has 0 aromatic carbocycles. The fourth-order valence-corrected chi connectivity index (χ4v) is 4.38. The van der Waals surface area contributed by atoms with Gasteiger partial charge in [-0.2, -0.15) is 0 Å². The molecule has 2 rings (SSSR count). The molecule has 3 unspecified atom stereocenters. The predicted octanol–water partition coefficient (Wildman–Crippen LogP) is 4.45. The second-order valence-corrected chi connectivity index (χ2v) is 8.50. The Morgan fingerprint density at radius 3 is 2.52 bits per heavy atom. The molecule has 3 atom stereocenters. The van der Waals surface area contributed by atoms with Crippen LogP contribution in [0.1, 0.15) is 79.1 Å². The first-order chi connectivity index (χ1) is 10.0. The standard InChI is InChI=1S/C19H38N2/c1-5-12-20-17-9-6-10-18(15-17)21-13-7-8-16(11-14-21)19(2,3)4/h16-18,20H,5-15H2,1-4H3. The average Bonchev–Trinajstić information content (AvgIpc) is 2.71. The van der Waals surface area contributed by atoms with Gasteiger partial charge >= 0.3 is 0 Å². The van der Waals surface area contributed by atoms with Crippen molar-refractivity contribution in [2.24, 2.45) is 11.3 Å². The first-order valence-corrected chi connectivity index (χ1v) is 9.48. The number of likely N-dealkylation sites (tertiary alicyclic amines) is 1. The van der Waals surface area contributed by atoms with Crippen LogP contribution >= 0.6 is 0 Å². The van der Waals surface area contributed by atoms with Crippen LogP contribution in [0.4, 0.5) is 0 Å². The normalized spacial score (nSPS) is 32.9. The van der Waals surface area contributed by atoms with Crippen molar-refractivity contribution in [1.82, 2.24) is 10.2 Å². The third-order valence-corrected chi connectivity index (χ3v) is 5.83. The summed E-state index contributed by atoms with van der Waals surface area (Å²) in [5.74, 6) is 0.917. The predicted molar refractivity (Wildman–Crippen MR) is 92.7 cm³/mol. The van der Waals surface area contributed by atoms with E-state index in [0.717, 1.165) is 18.0 Å². The van der Waals surface area contributed by atoms with E-state index in [2.05, 4.69) is 37.9 Å². The maximum atomic E-state index is 3.76. The quantitative estimate of drug-likeness (QED) is 0.824. The van der Waals surface area contributed by atoms with Crippen LogP contribution in [-0.2, 0) is 0 Å². The Bertz CT molecular complexity index is 294. The summed E-state index contributed by atoms with van der Waals surface area (Å²) in [6.45, 7) is 13.4. The van der Waals surface area contributed by atoms with Gasteiger partial charge in [0.05, 0.1) is 0 Å². The lowest BCUT2D eigenvalue weighted by atomic mass is 9.77. The summed E-state index contributed by atoms with van der Waals surface area (Å²) in [5, 5.41) is 3.76.